The Morgan fingerprint density at radius 2 is 1.42 bits per heavy atom. The molecule has 0 unspecified atom stereocenters. The zero-order chi connectivity index (χ0) is 27.5. The third-order valence-corrected chi connectivity index (χ3v) is 6.38. The molecule has 36 heavy (non-hydrogen) atoms. The summed E-state index contributed by atoms with van der Waals surface area (Å²) < 4.78 is 183. The number of rotatable bonds is 6. The second-order valence-electron chi connectivity index (χ2n) is 7.60. The van der Waals surface area contributed by atoms with E-state index >= 15 is 0 Å². The summed E-state index contributed by atoms with van der Waals surface area (Å²) in [7, 11) is -7.62. The molecule has 0 radical (unpaired) electrons. The van der Waals surface area contributed by atoms with Gasteiger partial charge in [0.05, 0.1) is 0 Å². The summed E-state index contributed by atoms with van der Waals surface area (Å²) in [4.78, 5) is 0. The lowest BCUT2D eigenvalue weighted by Crippen LogP contribution is -2.63. The monoisotopic (exact) mass is 561 g/mol. The normalized spacial score (nSPS) is 17.8. The van der Waals surface area contributed by atoms with Gasteiger partial charge in [0.25, 0.3) is 0 Å². The van der Waals surface area contributed by atoms with Crippen molar-refractivity contribution in [2.45, 2.75) is 48.7 Å². The minimum atomic E-state index is -7.68. The fourth-order valence-electron chi connectivity index (χ4n) is 3.45. The van der Waals surface area contributed by atoms with E-state index in [9.17, 15) is 61.1 Å². The average molecular weight is 561 g/mol. The molecule has 2 aliphatic carbocycles. The maximum atomic E-state index is 13.7. The number of halogens is 12. The molecule has 0 saturated heterocycles. The van der Waals surface area contributed by atoms with Crippen LogP contribution in [0.15, 0.2) is 41.1 Å². The largest absolute Gasteiger partial charge is 0.460 e. The molecule has 0 aliphatic heterocycles. The highest BCUT2D eigenvalue weighted by Gasteiger charge is 2.86. The van der Waals surface area contributed by atoms with Gasteiger partial charge >= 0.3 is 39.6 Å². The number of fused-ring (bicyclic) bond motifs is 3. The summed E-state index contributed by atoms with van der Waals surface area (Å²) >= 11 is 0. The highest BCUT2D eigenvalue weighted by molar-refractivity contribution is 7.87. The first-order valence-corrected chi connectivity index (χ1v) is 10.9. The van der Waals surface area contributed by atoms with Gasteiger partial charge in [-0.05, 0) is 47.6 Å². The van der Waals surface area contributed by atoms with Crippen LogP contribution in [0.4, 0.5) is 52.7 Å². The molecule has 0 atom stereocenters. The SMILES string of the molecule is O=S(=O)(O/N=C(/c1ccc2c(c1)CC1=CCCC=C12)C(F)(F)F)C(F)(F)C(F)(F)C(F)(F)C(F)(F)F. The highest BCUT2D eigenvalue weighted by atomic mass is 32.2. The van der Waals surface area contributed by atoms with Crippen molar-refractivity contribution in [2.24, 2.45) is 5.16 Å². The molecule has 200 valence electrons. The van der Waals surface area contributed by atoms with E-state index in [0.29, 0.717) is 18.4 Å². The van der Waals surface area contributed by atoms with Gasteiger partial charge in [0.2, 0.25) is 0 Å². The van der Waals surface area contributed by atoms with Crippen LogP contribution in [0.5, 0.6) is 0 Å². The van der Waals surface area contributed by atoms with Crippen LogP contribution in [0.25, 0.3) is 5.57 Å². The predicted octanol–water partition coefficient (Wildman–Crippen LogP) is 6.38. The van der Waals surface area contributed by atoms with Gasteiger partial charge in [-0.25, -0.2) is 0 Å². The van der Waals surface area contributed by atoms with Gasteiger partial charge in [-0.1, -0.05) is 29.4 Å². The Hall–Kier alpha value is -2.72. The van der Waals surface area contributed by atoms with Gasteiger partial charge in [0.1, 0.15) is 0 Å². The molecule has 0 heterocycles. The zero-order valence-corrected chi connectivity index (χ0v) is 17.9. The third kappa shape index (κ3) is 4.34. The van der Waals surface area contributed by atoms with Gasteiger partial charge in [-0.3, -0.25) is 4.28 Å². The summed E-state index contributed by atoms with van der Waals surface area (Å²) in [5.41, 5.74) is -1.07. The first-order chi connectivity index (χ1) is 16.1. The Kier molecular flexibility index (Phi) is 6.51. The number of benzene rings is 1. The van der Waals surface area contributed by atoms with Crippen LogP contribution in [-0.2, 0) is 20.8 Å². The summed E-state index contributed by atoms with van der Waals surface area (Å²) in [6.45, 7) is 0. The zero-order valence-electron chi connectivity index (χ0n) is 17.1. The van der Waals surface area contributed by atoms with Gasteiger partial charge in [-0.2, -0.15) is 61.1 Å². The maximum Gasteiger partial charge on any atom is 0.460 e. The van der Waals surface area contributed by atoms with E-state index in [4.69, 9.17) is 0 Å². The number of hydrogen-bond donors (Lipinski definition) is 0. The smallest absolute Gasteiger partial charge is 0.263 e. The number of allylic oxidation sites excluding steroid dienone is 4. The van der Waals surface area contributed by atoms with Crippen molar-refractivity contribution in [2.75, 3.05) is 0 Å². The van der Waals surface area contributed by atoms with Crippen molar-refractivity contribution < 1.29 is 65.4 Å². The van der Waals surface area contributed by atoms with Crippen LogP contribution in [0.1, 0.15) is 29.5 Å². The summed E-state index contributed by atoms with van der Waals surface area (Å²) in [6, 6.07) is 2.72. The van der Waals surface area contributed by atoms with Crippen LogP contribution in [0.2, 0.25) is 0 Å². The Bertz CT molecular complexity index is 1260. The first-order valence-electron chi connectivity index (χ1n) is 9.47. The molecular formula is C19H11F12NO3S. The average Bonchev–Trinajstić information content (AvgIpc) is 3.09. The fourth-order valence-corrected chi connectivity index (χ4v) is 4.16. The lowest BCUT2D eigenvalue weighted by molar-refractivity contribution is -0.382. The molecule has 3 rings (SSSR count). The molecular weight excluding hydrogens is 550 g/mol. The Balaban J connectivity index is 2.01. The number of nitrogens with zero attached hydrogens (tertiary/aromatic N) is 1. The molecule has 1 aromatic carbocycles. The van der Waals surface area contributed by atoms with E-state index in [0.717, 1.165) is 29.3 Å². The van der Waals surface area contributed by atoms with E-state index in [2.05, 4.69) is 4.28 Å². The third-order valence-electron chi connectivity index (χ3n) is 5.23. The van der Waals surface area contributed by atoms with Gasteiger partial charge in [0, 0.05) is 5.56 Å². The number of alkyl halides is 12. The second kappa shape index (κ2) is 8.41. The molecule has 2 aliphatic rings. The van der Waals surface area contributed by atoms with E-state index in [-0.39, 0.29) is 12.0 Å². The molecule has 0 N–H and O–H groups in total. The lowest BCUT2D eigenvalue weighted by Gasteiger charge is -2.31. The van der Waals surface area contributed by atoms with Crippen molar-refractivity contribution in [1.82, 2.24) is 0 Å². The molecule has 1 aromatic rings. The lowest BCUT2D eigenvalue weighted by atomic mass is 9.97. The van der Waals surface area contributed by atoms with Crippen molar-refractivity contribution >= 4 is 21.4 Å². The van der Waals surface area contributed by atoms with E-state index < -0.39 is 50.8 Å². The maximum absolute atomic E-state index is 13.7. The molecule has 4 nitrogen and oxygen atoms in total. The van der Waals surface area contributed by atoms with Crippen molar-refractivity contribution in [3.63, 3.8) is 0 Å². The molecule has 0 aromatic heterocycles. The van der Waals surface area contributed by atoms with Gasteiger partial charge in [0.15, 0.2) is 5.71 Å². The summed E-state index contributed by atoms with van der Waals surface area (Å²) in [5, 5.41) is -5.44. The minimum Gasteiger partial charge on any atom is -0.263 e. The molecule has 0 saturated carbocycles. The predicted molar refractivity (Wildman–Crippen MR) is 98.9 cm³/mol. The van der Waals surface area contributed by atoms with Crippen molar-refractivity contribution in [3.05, 3.63) is 52.6 Å². The minimum absolute atomic E-state index is 0.135. The van der Waals surface area contributed by atoms with Crippen molar-refractivity contribution in [3.8, 4) is 0 Å². The van der Waals surface area contributed by atoms with E-state index in [1.165, 1.54) is 0 Å². The first kappa shape index (κ1) is 27.9. The van der Waals surface area contributed by atoms with Crippen LogP contribution in [0, 0.1) is 0 Å². The van der Waals surface area contributed by atoms with Gasteiger partial charge < -0.3 is 0 Å². The summed E-state index contributed by atoms with van der Waals surface area (Å²) in [5.74, 6) is -15.3. The molecule has 17 heteroatoms. The van der Waals surface area contributed by atoms with E-state index in [1.54, 1.807) is 0 Å². The molecule has 0 amide bonds. The Labute approximate surface area is 194 Å². The Morgan fingerprint density at radius 3 is 1.97 bits per heavy atom. The number of oxime groups is 1. The highest BCUT2D eigenvalue weighted by Crippen LogP contribution is 2.55. The Morgan fingerprint density at radius 1 is 0.833 bits per heavy atom. The number of hydrogen-bond acceptors (Lipinski definition) is 4. The topological polar surface area (TPSA) is 55.7 Å². The standard InChI is InChI=1S/C19H11F12NO3S/c20-15(21,22)14(10-5-6-13-11(8-10)7-9-3-1-2-4-12(9)13)32-35-36(33,34)19(30,31)17(25,26)16(23,24)18(27,28)29/h3-6,8H,1-2,7H2/b32-14-. The molecule has 0 fully saturated rings. The quantitative estimate of drug-likeness (QED) is 0.230. The van der Waals surface area contributed by atoms with Crippen LogP contribution in [-0.4, -0.2) is 43.6 Å². The van der Waals surface area contributed by atoms with Crippen LogP contribution in [0.3, 0.4) is 0 Å². The van der Waals surface area contributed by atoms with Crippen LogP contribution < -0.4 is 0 Å². The van der Waals surface area contributed by atoms with E-state index in [1.807, 2.05) is 17.3 Å². The van der Waals surface area contributed by atoms with Gasteiger partial charge in [-0.15, -0.1) is 0 Å². The summed E-state index contributed by atoms with van der Waals surface area (Å²) in [6.07, 6.45) is -7.95. The van der Waals surface area contributed by atoms with Crippen molar-refractivity contribution in [1.29, 1.82) is 0 Å². The molecule has 0 bridgehead atoms. The fraction of sp³-hybridized carbons (Fsp3) is 0.421. The molecule has 0 spiro atoms. The second-order valence-corrected chi connectivity index (χ2v) is 9.17. The van der Waals surface area contributed by atoms with Crippen LogP contribution >= 0.6 is 0 Å².